The minimum Gasteiger partial charge on any atom is -0.480 e. The topological polar surface area (TPSA) is 136 Å². The van der Waals surface area contributed by atoms with Gasteiger partial charge in [0, 0.05) is 18.2 Å². The number of hydrogen-bond donors (Lipinski definition) is 2. The summed E-state index contributed by atoms with van der Waals surface area (Å²) in [6.07, 6.45) is 0. The Morgan fingerprint density at radius 2 is 2.19 bits per heavy atom. The van der Waals surface area contributed by atoms with Crippen molar-refractivity contribution in [3.8, 4) is 0 Å². The molecule has 1 aliphatic rings. The molecule has 0 spiro atoms. The number of ether oxygens (including phenoxy) is 1. The maximum Gasteiger partial charge on any atom is 0.328 e. The summed E-state index contributed by atoms with van der Waals surface area (Å²) in [5.41, 5.74) is 5.03. The predicted molar refractivity (Wildman–Crippen MR) is 70.8 cm³/mol. The number of nitro benzene ring substituents is 1. The van der Waals surface area contributed by atoms with Gasteiger partial charge in [-0.3, -0.25) is 14.9 Å². The molecule has 1 atom stereocenters. The molecule has 1 saturated heterocycles. The first-order valence-electron chi connectivity index (χ1n) is 6.07. The second-order valence-corrected chi connectivity index (χ2v) is 4.46. The van der Waals surface area contributed by atoms with E-state index < -0.39 is 22.8 Å². The van der Waals surface area contributed by atoms with E-state index in [9.17, 15) is 19.7 Å². The van der Waals surface area contributed by atoms with Crippen molar-refractivity contribution in [2.75, 3.05) is 25.5 Å². The van der Waals surface area contributed by atoms with Crippen molar-refractivity contribution < 1.29 is 24.4 Å². The van der Waals surface area contributed by atoms with Gasteiger partial charge in [0.05, 0.1) is 18.1 Å². The Hall–Kier alpha value is -2.68. The fraction of sp³-hybridized carbons (Fsp3) is 0.333. The van der Waals surface area contributed by atoms with E-state index in [-0.39, 0.29) is 36.7 Å². The van der Waals surface area contributed by atoms with Crippen molar-refractivity contribution >= 4 is 23.3 Å². The molecule has 0 radical (unpaired) electrons. The van der Waals surface area contributed by atoms with Gasteiger partial charge in [0.2, 0.25) is 0 Å². The number of nitrogen functional groups attached to an aromatic ring is 1. The average Bonchev–Trinajstić information content (AvgIpc) is 2.46. The number of nitrogens with zero attached hydrogens (tertiary/aromatic N) is 2. The summed E-state index contributed by atoms with van der Waals surface area (Å²) in [5.74, 6) is -1.79. The lowest BCUT2D eigenvalue weighted by Crippen LogP contribution is -2.52. The molecule has 0 saturated carbocycles. The molecule has 1 amide bonds. The maximum atomic E-state index is 12.3. The molecule has 0 aromatic heterocycles. The van der Waals surface area contributed by atoms with Crippen LogP contribution in [0.4, 0.5) is 11.4 Å². The molecule has 1 aliphatic heterocycles. The molecule has 0 bridgehead atoms. The van der Waals surface area contributed by atoms with Crippen LogP contribution < -0.4 is 5.73 Å². The van der Waals surface area contributed by atoms with Gasteiger partial charge in [0.25, 0.3) is 11.6 Å². The highest BCUT2D eigenvalue weighted by atomic mass is 16.6. The van der Waals surface area contributed by atoms with Crippen LogP contribution in [0, 0.1) is 10.1 Å². The predicted octanol–water partition coefficient (Wildman–Crippen LogP) is 0.103. The van der Waals surface area contributed by atoms with Crippen LogP contribution in [0.25, 0.3) is 0 Å². The molecular formula is C12H13N3O6. The Balaban J connectivity index is 2.32. The van der Waals surface area contributed by atoms with Gasteiger partial charge in [-0.05, 0) is 12.1 Å². The summed E-state index contributed by atoms with van der Waals surface area (Å²) in [5, 5.41) is 19.9. The Kier molecular flexibility index (Phi) is 4.03. The zero-order valence-electron chi connectivity index (χ0n) is 10.9. The van der Waals surface area contributed by atoms with Crippen LogP contribution in [0.15, 0.2) is 18.2 Å². The Morgan fingerprint density at radius 1 is 1.48 bits per heavy atom. The third kappa shape index (κ3) is 2.92. The van der Waals surface area contributed by atoms with Crippen molar-refractivity contribution in [2.45, 2.75) is 6.04 Å². The number of amides is 1. The molecular weight excluding hydrogens is 282 g/mol. The normalized spacial score (nSPS) is 18.3. The SMILES string of the molecule is Nc1ccc(C(=O)N2CCOCC2C(=O)O)cc1[N+](=O)[O-]. The summed E-state index contributed by atoms with van der Waals surface area (Å²) in [6, 6.07) is 2.52. The summed E-state index contributed by atoms with van der Waals surface area (Å²) in [4.78, 5) is 34.7. The third-order valence-electron chi connectivity index (χ3n) is 3.15. The Labute approximate surface area is 119 Å². The van der Waals surface area contributed by atoms with E-state index in [4.69, 9.17) is 15.6 Å². The first-order valence-corrected chi connectivity index (χ1v) is 6.07. The smallest absolute Gasteiger partial charge is 0.328 e. The molecule has 0 aliphatic carbocycles. The second kappa shape index (κ2) is 5.75. The number of nitro groups is 1. The number of nitrogens with two attached hydrogens (primary N) is 1. The minimum absolute atomic E-state index is 0.0176. The van der Waals surface area contributed by atoms with E-state index in [1.165, 1.54) is 12.1 Å². The number of rotatable bonds is 3. The van der Waals surface area contributed by atoms with Gasteiger partial charge in [-0.2, -0.15) is 0 Å². The van der Waals surface area contributed by atoms with Crippen LogP contribution in [0.1, 0.15) is 10.4 Å². The van der Waals surface area contributed by atoms with Crippen molar-refractivity contribution in [1.82, 2.24) is 4.90 Å². The van der Waals surface area contributed by atoms with Crippen LogP contribution in [-0.2, 0) is 9.53 Å². The fourth-order valence-electron chi connectivity index (χ4n) is 2.05. The highest BCUT2D eigenvalue weighted by Crippen LogP contribution is 2.24. The lowest BCUT2D eigenvalue weighted by molar-refractivity contribution is -0.383. The van der Waals surface area contributed by atoms with Gasteiger partial charge >= 0.3 is 5.97 Å². The number of carbonyl (C=O) groups is 2. The third-order valence-corrected chi connectivity index (χ3v) is 3.15. The van der Waals surface area contributed by atoms with Gasteiger partial charge in [-0.1, -0.05) is 0 Å². The number of hydrogen-bond acceptors (Lipinski definition) is 6. The van der Waals surface area contributed by atoms with Crippen molar-refractivity contribution in [1.29, 1.82) is 0 Å². The lowest BCUT2D eigenvalue weighted by Gasteiger charge is -2.32. The maximum absolute atomic E-state index is 12.3. The first kappa shape index (κ1) is 14.7. The first-order chi connectivity index (χ1) is 9.91. The van der Waals surface area contributed by atoms with Crippen LogP contribution in [0.5, 0.6) is 0 Å². The summed E-state index contributed by atoms with van der Waals surface area (Å²) < 4.78 is 5.04. The van der Waals surface area contributed by atoms with Crippen LogP contribution in [-0.4, -0.2) is 52.6 Å². The molecule has 112 valence electrons. The van der Waals surface area contributed by atoms with Gasteiger partial charge < -0.3 is 20.5 Å². The average molecular weight is 295 g/mol. The van der Waals surface area contributed by atoms with Gasteiger partial charge in [0.15, 0.2) is 6.04 Å². The summed E-state index contributed by atoms with van der Waals surface area (Å²) >= 11 is 0. The summed E-state index contributed by atoms with van der Waals surface area (Å²) in [7, 11) is 0. The second-order valence-electron chi connectivity index (χ2n) is 4.46. The zero-order valence-corrected chi connectivity index (χ0v) is 10.9. The van der Waals surface area contributed by atoms with Crippen LogP contribution in [0.2, 0.25) is 0 Å². The van der Waals surface area contributed by atoms with Crippen molar-refractivity contribution in [3.63, 3.8) is 0 Å². The zero-order chi connectivity index (χ0) is 15.6. The molecule has 3 N–H and O–H groups in total. The van der Waals surface area contributed by atoms with Crippen molar-refractivity contribution in [2.24, 2.45) is 0 Å². The molecule has 2 rings (SSSR count). The van der Waals surface area contributed by atoms with Gasteiger partial charge in [-0.15, -0.1) is 0 Å². The molecule has 1 aromatic carbocycles. The largest absolute Gasteiger partial charge is 0.480 e. The van der Waals surface area contributed by atoms with E-state index in [1.54, 1.807) is 0 Å². The number of benzene rings is 1. The Bertz CT molecular complexity index is 603. The highest BCUT2D eigenvalue weighted by molar-refractivity contribution is 5.98. The van der Waals surface area contributed by atoms with E-state index >= 15 is 0 Å². The molecule has 1 aromatic rings. The summed E-state index contributed by atoms with van der Waals surface area (Å²) in [6.45, 7) is 0.207. The number of anilines is 1. The van der Waals surface area contributed by atoms with Crippen LogP contribution in [0.3, 0.4) is 0 Å². The highest BCUT2D eigenvalue weighted by Gasteiger charge is 2.33. The molecule has 9 nitrogen and oxygen atoms in total. The number of aliphatic carboxylic acids is 1. The fourth-order valence-corrected chi connectivity index (χ4v) is 2.05. The molecule has 9 heteroatoms. The number of carboxylic acid groups (broad SMARTS) is 1. The monoisotopic (exact) mass is 295 g/mol. The lowest BCUT2D eigenvalue weighted by atomic mass is 10.1. The minimum atomic E-state index is -1.19. The Morgan fingerprint density at radius 3 is 2.81 bits per heavy atom. The molecule has 1 fully saturated rings. The standard InChI is InChI=1S/C12H13N3O6/c13-8-2-1-7(5-9(8)15(19)20)11(16)14-3-4-21-6-10(14)12(17)18/h1-2,5,10H,3-4,6,13H2,(H,17,18). The van der Waals surface area contributed by atoms with Gasteiger partial charge in [0.1, 0.15) is 5.69 Å². The van der Waals surface area contributed by atoms with E-state index in [1.807, 2.05) is 0 Å². The van der Waals surface area contributed by atoms with E-state index in [0.29, 0.717) is 0 Å². The van der Waals surface area contributed by atoms with Crippen molar-refractivity contribution in [3.05, 3.63) is 33.9 Å². The number of carbonyl (C=O) groups excluding carboxylic acids is 1. The number of carboxylic acids is 1. The van der Waals surface area contributed by atoms with Crippen LogP contribution >= 0.6 is 0 Å². The number of morpholine rings is 1. The van der Waals surface area contributed by atoms with E-state index in [2.05, 4.69) is 0 Å². The molecule has 1 heterocycles. The van der Waals surface area contributed by atoms with Gasteiger partial charge in [-0.25, -0.2) is 4.79 Å². The molecule has 21 heavy (non-hydrogen) atoms. The molecule has 1 unspecified atom stereocenters. The quantitative estimate of drug-likeness (QED) is 0.458. The van der Waals surface area contributed by atoms with E-state index in [0.717, 1.165) is 11.0 Å².